The van der Waals surface area contributed by atoms with Crippen LogP contribution < -0.4 is 10.1 Å². The molecular formula is C14H15F3N4O2. The average Bonchev–Trinajstić information content (AvgIpc) is 2.95. The van der Waals surface area contributed by atoms with Gasteiger partial charge in [-0.3, -0.25) is 4.90 Å². The number of hydrogen-bond donors (Lipinski definition) is 1. The average molecular weight is 328 g/mol. The van der Waals surface area contributed by atoms with Gasteiger partial charge < -0.3 is 14.6 Å². The molecule has 0 radical (unpaired) electrons. The fraction of sp³-hybridized carbons (Fsp3) is 0.429. The summed E-state index contributed by atoms with van der Waals surface area (Å²) in [6.45, 7) is 4.13. The van der Waals surface area contributed by atoms with E-state index in [0.29, 0.717) is 17.9 Å². The first kappa shape index (κ1) is 15.8. The van der Waals surface area contributed by atoms with Crippen molar-refractivity contribution >= 4 is 0 Å². The van der Waals surface area contributed by atoms with Crippen molar-refractivity contribution in [1.82, 2.24) is 20.4 Å². The number of halogens is 3. The van der Waals surface area contributed by atoms with Crippen molar-refractivity contribution in [2.24, 2.45) is 0 Å². The third-order valence-corrected chi connectivity index (χ3v) is 3.36. The number of hydrogen-bond acceptors (Lipinski definition) is 6. The van der Waals surface area contributed by atoms with Crippen LogP contribution in [0.15, 0.2) is 28.8 Å². The molecular weight excluding hydrogens is 313 g/mol. The molecule has 1 N–H and O–H groups in total. The zero-order valence-corrected chi connectivity index (χ0v) is 12.1. The van der Waals surface area contributed by atoms with E-state index in [1.165, 1.54) is 18.2 Å². The van der Waals surface area contributed by atoms with Crippen LogP contribution in [-0.2, 0) is 6.54 Å². The van der Waals surface area contributed by atoms with E-state index < -0.39 is 6.36 Å². The van der Waals surface area contributed by atoms with Crippen molar-refractivity contribution in [1.29, 1.82) is 0 Å². The van der Waals surface area contributed by atoms with Gasteiger partial charge in [0.2, 0.25) is 0 Å². The van der Waals surface area contributed by atoms with E-state index in [2.05, 4.69) is 25.1 Å². The van der Waals surface area contributed by atoms with Crippen LogP contribution in [0, 0.1) is 0 Å². The molecule has 0 atom stereocenters. The molecule has 1 saturated heterocycles. The van der Waals surface area contributed by atoms with Gasteiger partial charge in [0, 0.05) is 31.7 Å². The van der Waals surface area contributed by atoms with Crippen molar-refractivity contribution in [2.45, 2.75) is 12.9 Å². The first-order chi connectivity index (χ1) is 11.0. The lowest BCUT2D eigenvalue weighted by Crippen LogP contribution is -2.43. The van der Waals surface area contributed by atoms with Gasteiger partial charge >= 0.3 is 6.36 Å². The van der Waals surface area contributed by atoms with Gasteiger partial charge in [0.15, 0.2) is 5.82 Å². The second-order valence-corrected chi connectivity index (χ2v) is 5.12. The van der Waals surface area contributed by atoms with Gasteiger partial charge in [0.25, 0.3) is 5.89 Å². The molecule has 1 aromatic heterocycles. The summed E-state index contributed by atoms with van der Waals surface area (Å²) < 4.78 is 45.8. The molecule has 9 heteroatoms. The Labute approximate surface area is 130 Å². The molecule has 6 nitrogen and oxygen atoms in total. The van der Waals surface area contributed by atoms with Crippen molar-refractivity contribution in [3.05, 3.63) is 30.1 Å². The van der Waals surface area contributed by atoms with Gasteiger partial charge in [-0.25, -0.2) is 0 Å². The van der Waals surface area contributed by atoms with E-state index in [1.54, 1.807) is 6.07 Å². The Morgan fingerprint density at radius 1 is 1.26 bits per heavy atom. The summed E-state index contributed by atoms with van der Waals surface area (Å²) in [5, 5.41) is 7.12. The van der Waals surface area contributed by atoms with E-state index in [9.17, 15) is 13.2 Å². The summed E-state index contributed by atoms with van der Waals surface area (Å²) in [6, 6.07) is 5.46. The number of nitrogens with zero attached hydrogens (tertiary/aromatic N) is 3. The Kier molecular flexibility index (Phi) is 4.49. The highest BCUT2D eigenvalue weighted by Gasteiger charge is 2.31. The van der Waals surface area contributed by atoms with Crippen LogP contribution in [-0.4, -0.2) is 47.6 Å². The van der Waals surface area contributed by atoms with Gasteiger partial charge in [-0.15, -0.1) is 13.2 Å². The summed E-state index contributed by atoms with van der Waals surface area (Å²) >= 11 is 0. The summed E-state index contributed by atoms with van der Waals surface area (Å²) in [5.41, 5.74) is 0.380. The topological polar surface area (TPSA) is 63.4 Å². The Morgan fingerprint density at radius 2 is 2.04 bits per heavy atom. The molecule has 2 aromatic rings. The third kappa shape index (κ3) is 4.42. The Bertz CT molecular complexity index is 653. The van der Waals surface area contributed by atoms with Crippen molar-refractivity contribution < 1.29 is 22.4 Å². The molecule has 0 saturated carbocycles. The molecule has 0 bridgehead atoms. The lowest BCUT2D eigenvalue weighted by molar-refractivity contribution is -0.274. The zero-order valence-electron chi connectivity index (χ0n) is 12.1. The number of piperazine rings is 1. The highest BCUT2D eigenvalue weighted by Crippen LogP contribution is 2.27. The third-order valence-electron chi connectivity index (χ3n) is 3.36. The zero-order chi connectivity index (χ0) is 16.3. The van der Waals surface area contributed by atoms with Crippen LogP contribution in [0.2, 0.25) is 0 Å². The quantitative estimate of drug-likeness (QED) is 0.927. The predicted octanol–water partition coefficient (Wildman–Crippen LogP) is 2.04. The maximum atomic E-state index is 12.3. The molecule has 1 aliphatic rings. The van der Waals surface area contributed by atoms with Gasteiger partial charge in [-0.2, -0.15) is 4.98 Å². The Hall–Kier alpha value is -2.13. The smallest absolute Gasteiger partial charge is 0.406 e. The minimum atomic E-state index is -4.74. The maximum absolute atomic E-state index is 12.3. The highest BCUT2D eigenvalue weighted by molar-refractivity contribution is 5.55. The van der Waals surface area contributed by atoms with Crippen LogP contribution >= 0.6 is 0 Å². The van der Waals surface area contributed by atoms with Gasteiger partial charge in [0.1, 0.15) is 5.75 Å². The molecule has 0 amide bonds. The molecule has 2 heterocycles. The first-order valence-corrected chi connectivity index (χ1v) is 7.11. The van der Waals surface area contributed by atoms with E-state index in [-0.39, 0.29) is 11.6 Å². The van der Waals surface area contributed by atoms with E-state index in [4.69, 9.17) is 4.52 Å². The van der Waals surface area contributed by atoms with E-state index in [1.807, 2.05) is 0 Å². The summed E-state index contributed by atoms with van der Waals surface area (Å²) in [5.74, 6) is 0.351. The minimum Gasteiger partial charge on any atom is -0.406 e. The number of alkyl halides is 3. The monoisotopic (exact) mass is 328 g/mol. The van der Waals surface area contributed by atoms with Crippen molar-refractivity contribution in [3.63, 3.8) is 0 Å². The number of ether oxygens (including phenoxy) is 1. The second kappa shape index (κ2) is 6.55. The maximum Gasteiger partial charge on any atom is 0.573 e. The molecule has 23 heavy (non-hydrogen) atoms. The van der Waals surface area contributed by atoms with Crippen LogP contribution in [0.1, 0.15) is 5.82 Å². The normalized spacial score (nSPS) is 16.5. The number of nitrogens with one attached hydrogen (secondary N) is 1. The molecule has 0 unspecified atom stereocenters. The Morgan fingerprint density at radius 3 is 2.78 bits per heavy atom. The number of aromatic nitrogens is 2. The van der Waals surface area contributed by atoms with Gasteiger partial charge in [0.05, 0.1) is 6.54 Å². The summed E-state index contributed by atoms with van der Waals surface area (Å²) in [4.78, 5) is 6.41. The van der Waals surface area contributed by atoms with Crippen LogP contribution in [0.25, 0.3) is 11.5 Å². The van der Waals surface area contributed by atoms with Gasteiger partial charge in [-0.05, 0) is 18.2 Å². The fourth-order valence-electron chi connectivity index (χ4n) is 2.33. The van der Waals surface area contributed by atoms with Crippen molar-refractivity contribution in [2.75, 3.05) is 26.2 Å². The molecule has 0 spiro atoms. The Balaban J connectivity index is 1.71. The molecule has 1 aliphatic heterocycles. The largest absolute Gasteiger partial charge is 0.573 e. The van der Waals surface area contributed by atoms with E-state index in [0.717, 1.165) is 26.2 Å². The van der Waals surface area contributed by atoms with Crippen molar-refractivity contribution in [3.8, 4) is 17.2 Å². The number of benzene rings is 1. The summed E-state index contributed by atoms with van der Waals surface area (Å²) in [7, 11) is 0. The predicted molar refractivity (Wildman–Crippen MR) is 74.6 cm³/mol. The van der Waals surface area contributed by atoms with E-state index >= 15 is 0 Å². The van der Waals surface area contributed by atoms with Crippen LogP contribution in [0.4, 0.5) is 13.2 Å². The fourth-order valence-corrected chi connectivity index (χ4v) is 2.33. The lowest BCUT2D eigenvalue weighted by atomic mass is 10.2. The molecule has 124 valence electrons. The first-order valence-electron chi connectivity index (χ1n) is 7.11. The second-order valence-electron chi connectivity index (χ2n) is 5.12. The molecule has 1 aromatic carbocycles. The van der Waals surface area contributed by atoms with Gasteiger partial charge in [-0.1, -0.05) is 11.2 Å². The van der Waals surface area contributed by atoms with Crippen LogP contribution in [0.3, 0.4) is 0 Å². The minimum absolute atomic E-state index is 0.169. The highest BCUT2D eigenvalue weighted by atomic mass is 19.4. The van der Waals surface area contributed by atoms with Crippen LogP contribution in [0.5, 0.6) is 5.75 Å². The SMILES string of the molecule is FC(F)(F)Oc1cccc(-c2nc(CN3CCNCC3)no2)c1. The lowest BCUT2D eigenvalue weighted by Gasteiger charge is -2.25. The summed E-state index contributed by atoms with van der Waals surface area (Å²) in [6.07, 6.45) is -4.74. The molecule has 3 rings (SSSR count). The number of rotatable bonds is 4. The molecule has 1 fully saturated rings. The molecule has 0 aliphatic carbocycles. The standard InChI is InChI=1S/C14H15F3N4O2/c15-14(16,17)22-11-3-1-2-10(8-11)13-19-12(20-23-13)9-21-6-4-18-5-7-21/h1-3,8,18H,4-7,9H2.